The molecule has 3 rings (SSSR count). The van der Waals surface area contributed by atoms with Gasteiger partial charge in [0.1, 0.15) is 11.5 Å². The summed E-state index contributed by atoms with van der Waals surface area (Å²) in [5, 5.41) is 6.18. The van der Waals surface area contributed by atoms with Crippen molar-refractivity contribution in [1.29, 1.82) is 0 Å². The maximum absolute atomic E-state index is 12.2. The number of hydrogen-bond donors (Lipinski definition) is 1. The fraction of sp³-hybridized carbons (Fsp3) is 0.182. The van der Waals surface area contributed by atoms with Crippen molar-refractivity contribution < 1.29 is 14.3 Å². The molecule has 1 N–H and O–H groups in total. The van der Waals surface area contributed by atoms with Crippen molar-refractivity contribution in [2.75, 3.05) is 6.61 Å². The summed E-state index contributed by atoms with van der Waals surface area (Å²) in [6, 6.07) is 21.2. The summed E-state index contributed by atoms with van der Waals surface area (Å²) in [5.74, 6) is 1.13. The molecule has 0 fully saturated rings. The number of carbonyl (C=O) groups is 1. The van der Waals surface area contributed by atoms with E-state index in [0.717, 1.165) is 22.1 Å². The Morgan fingerprint density at radius 3 is 2.48 bits per heavy atom. The van der Waals surface area contributed by atoms with E-state index >= 15 is 0 Å². The molecule has 1 unspecified atom stereocenters. The summed E-state index contributed by atoms with van der Waals surface area (Å²) >= 11 is 0. The van der Waals surface area contributed by atoms with E-state index in [0.29, 0.717) is 12.4 Å². The monoisotopic (exact) mass is 362 g/mol. The molecule has 5 nitrogen and oxygen atoms in total. The number of hydrazone groups is 1. The van der Waals surface area contributed by atoms with Crippen molar-refractivity contribution in [2.45, 2.75) is 20.0 Å². The molecule has 1 atom stereocenters. The molecule has 0 heterocycles. The van der Waals surface area contributed by atoms with Crippen LogP contribution in [-0.4, -0.2) is 24.8 Å². The molecule has 0 bridgehead atoms. The highest BCUT2D eigenvalue weighted by Gasteiger charge is 2.14. The topological polar surface area (TPSA) is 59.9 Å². The molecular formula is C22H22N2O3. The second-order valence-electron chi connectivity index (χ2n) is 6.01. The van der Waals surface area contributed by atoms with Crippen molar-refractivity contribution in [3.05, 3.63) is 72.3 Å². The van der Waals surface area contributed by atoms with Gasteiger partial charge in [-0.2, -0.15) is 5.10 Å². The van der Waals surface area contributed by atoms with Crippen molar-refractivity contribution in [3.63, 3.8) is 0 Å². The smallest absolute Gasteiger partial charge is 0.280 e. The highest BCUT2D eigenvalue weighted by Crippen LogP contribution is 2.21. The fourth-order valence-electron chi connectivity index (χ4n) is 2.58. The third-order valence-electron chi connectivity index (χ3n) is 3.98. The van der Waals surface area contributed by atoms with Crippen molar-refractivity contribution in [1.82, 2.24) is 5.43 Å². The Morgan fingerprint density at radius 1 is 1.04 bits per heavy atom. The average Bonchev–Trinajstić information content (AvgIpc) is 2.69. The van der Waals surface area contributed by atoms with E-state index in [2.05, 4.69) is 10.5 Å². The van der Waals surface area contributed by atoms with Crippen molar-refractivity contribution in [3.8, 4) is 11.5 Å². The number of ether oxygens (including phenoxy) is 2. The molecule has 0 spiro atoms. The number of carbonyl (C=O) groups excluding carboxylic acids is 1. The molecule has 3 aromatic rings. The van der Waals surface area contributed by atoms with Crippen LogP contribution in [0.15, 0.2) is 71.8 Å². The summed E-state index contributed by atoms with van der Waals surface area (Å²) in [6.07, 6.45) is 0.916. The number of nitrogens with one attached hydrogen (secondary N) is 1. The lowest BCUT2D eigenvalue weighted by Crippen LogP contribution is -2.33. The van der Waals surface area contributed by atoms with E-state index < -0.39 is 6.10 Å². The molecule has 5 heteroatoms. The Balaban J connectivity index is 1.55. The van der Waals surface area contributed by atoms with E-state index in [9.17, 15) is 4.79 Å². The zero-order valence-electron chi connectivity index (χ0n) is 15.4. The predicted octanol–water partition coefficient (Wildman–Crippen LogP) is 4.16. The zero-order chi connectivity index (χ0) is 19.1. The lowest BCUT2D eigenvalue weighted by atomic mass is 10.1. The highest BCUT2D eigenvalue weighted by atomic mass is 16.5. The van der Waals surface area contributed by atoms with Crippen LogP contribution >= 0.6 is 0 Å². The van der Waals surface area contributed by atoms with Gasteiger partial charge in [0.25, 0.3) is 5.91 Å². The largest absolute Gasteiger partial charge is 0.494 e. The van der Waals surface area contributed by atoms with E-state index in [1.54, 1.807) is 13.1 Å². The number of hydrogen-bond acceptors (Lipinski definition) is 4. The molecule has 0 aliphatic rings. The molecule has 3 aromatic carbocycles. The minimum absolute atomic E-state index is 0.314. The Bertz CT molecular complexity index is 936. The number of amides is 1. The lowest BCUT2D eigenvalue weighted by molar-refractivity contribution is -0.127. The van der Waals surface area contributed by atoms with Crippen molar-refractivity contribution >= 4 is 22.9 Å². The van der Waals surface area contributed by atoms with Crippen LogP contribution < -0.4 is 14.9 Å². The maximum Gasteiger partial charge on any atom is 0.280 e. The number of benzene rings is 3. The second kappa shape index (κ2) is 8.85. The Labute approximate surface area is 158 Å². The van der Waals surface area contributed by atoms with Crippen LogP contribution in [0.3, 0.4) is 0 Å². The molecule has 138 valence electrons. The SMILES string of the molecule is CCOc1ccc(C=NNC(=O)C(C)Oc2ccc3ccccc3c2)cc1. The van der Waals surface area contributed by atoms with Crippen LogP contribution in [0, 0.1) is 0 Å². The van der Waals surface area contributed by atoms with Crippen LogP contribution in [0.1, 0.15) is 19.4 Å². The Hall–Kier alpha value is -3.34. The Morgan fingerprint density at radius 2 is 1.74 bits per heavy atom. The quantitative estimate of drug-likeness (QED) is 0.507. The summed E-state index contributed by atoms with van der Waals surface area (Å²) < 4.78 is 11.1. The van der Waals surface area contributed by atoms with Gasteiger partial charge in [-0.05, 0) is 66.6 Å². The first-order valence-corrected chi connectivity index (χ1v) is 8.87. The molecular weight excluding hydrogens is 340 g/mol. The van der Waals surface area contributed by atoms with E-state index in [1.807, 2.05) is 73.7 Å². The van der Waals surface area contributed by atoms with Gasteiger partial charge in [0.15, 0.2) is 6.10 Å². The minimum atomic E-state index is -0.663. The zero-order valence-corrected chi connectivity index (χ0v) is 15.4. The van der Waals surface area contributed by atoms with E-state index in [4.69, 9.17) is 9.47 Å². The van der Waals surface area contributed by atoms with E-state index in [1.165, 1.54) is 0 Å². The normalized spacial score (nSPS) is 12.1. The van der Waals surface area contributed by atoms with Crippen LogP contribution in [0.5, 0.6) is 11.5 Å². The molecule has 0 aliphatic heterocycles. The first kappa shape index (κ1) is 18.5. The number of fused-ring (bicyclic) bond motifs is 1. The first-order valence-electron chi connectivity index (χ1n) is 8.87. The summed E-state index contributed by atoms with van der Waals surface area (Å²) in [6.45, 7) is 4.25. The number of rotatable bonds is 7. The Kier molecular flexibility index (Phi) is 6.05. The molecule has 0 aromatic heterocycles. The lowest BCUT2D eigenvalue weighted by Gasteiger charge is -2.13. The fourth-order valence-corrected chi connectivity index (χ4v) is 2.58. The molecule has 0 saturated carbocycles. The standard InChI is InChI=1S/C22H22N2O3/c1-3-26-20-11-8-17(9-12-20)15-23-24-22(25)16(2)27-21-13-10-18-6-4-5-7-19(18)14-21/h4-16H,3H2,1-2H3,(H,24,25). The predicted molar refractivity (Wildman–Crippen MR) is 107 cm³/mol. The summed E-state index contributed by atoms with van der Waals surface area (Å²) in [7, 11) is 0. The molecule has 0 aliphatic carbocycles. The van der Waals surface area contributed by atoms with Crippen LogP contribution in [0.25, 0.3) is 10.8 Å². The van der Waals surface area contributed by atoms with Gasteiger partial charge in [0.2, 0.25) is 0 Å². The third kappa shape index (κ3) is 5.07. The van der Waals surface area contributed by atoms with Crippen LogP contribution in [0.2, 0.25) is 0 Å². The number of nitrogens with zero attached hydrogens (tertiary/aromatic N) is 1. The third-order valence-corrected chi connectivity index (χ3v) is 3.98. The molecule has 27 heavy (non-hydrogen) atoms. The highest BCUT2D eigenvalue weighted by molar-refractivity contribution is 5.85. The van der Waals surface area contributed by atoms with Gasteiger partial charge < -0.3 is 9.47 Å². The van der Waals surface area contributed by atoms with Gasteiger partial charge in [0, 0.05) is 0 Å². The maximum atomic E-state index is 12.2. The van der Waals surface area contributed by atoms with Gasteiger partial charge in [-0.15, -0.1) is 0 Å². The van der Waals surface area contributed by atoms with Crippen molar-refractivity contribution in [2.24, 2.45) is 5.10 Å². The molecule has 0 saturated heterocycles. The van der Waals surface area contributed by atoms with Gasteiger partial charge >= 0.3 is 0 Å². The van der Waals surface area contributed by atoms with Gasteiger partial charge in [-0.1, -0.05) is 30.3 Å². The summed E-state index contributed by atoms with van der Waals surface area (Å²) in [5.41, 5.74) is 3.37. The van der Waals surface area contributed by atoms with Gasteiger partial charge in [0.05, 0.1) is 12.8 Å². The minimum Gasteiger partial charge on any atom is -0.494 e. The van der Waals surface area contributed by atoms with Gasteiger partial charge in [-0.3, -0.25) is 4.79 Å². The summed E-state index contributed by atoms with van der Waals surface area (Å²) in [4.78, 5) is 12.2. The molecule has 1 amide bonds. The van der Waals surface area contributed by atoms with Crippen LogP contribution in [0.4, 0.5) is 0 Å². The van der Waals surface area contributed by atoms with E-state index in [-0.39, 0.29) is 5.91 Å². The van der Waals surface area contributed by atoms with Crippen LogP contribution in [-0.2, 0) is 4.79 Å². The van der Waals surface area contributed by atoms with Gasteiger partial charge in [-0.25, -0.2) is 5.43 Å². The molecule has 0 radical (unpaired) electrons. The average molecular weight is 362 g/mol. The first-order chi connectivity index (χ1) is 13.2. The second-order valence-corrected chi connectivity index (χ2v) is 6.01.